The Balaban J connectivity index is 2.53. The van der Waals surface area contributed by atoms with Crippen LogP contribution in [0, 0.1) is 0 Å². The van der Waals surface area contributed by atoms with E-state index >= 15 is 0 Å². The molecule has 0 spiro atoms. The maximum atomic E-state index is 11.7. The van der Waals surface area contributed by atoms with Crippen molar-refractivity contribution in [2.45, 2.75) is 6.42 Å². The van der Waals surface area contributed by atoms with Crippen LogP contribution in [0.25, 0.3) is 10.9 Å². The summed E-state index contributed by atoms with van der Waals surface area (Å²) in [6.45, 7) is 0.403. The molecule has 15 heavy (non-hydrogen) atoms. The number of benzene rings is 1. The number of hydrogen-bond donors (Lipinski definition) is 1. The fraction of sp³-hybridized carbons (Fsp3) is 0.250. The molecule has 2 rings (SSSR count). The average molecular weight is 202 g/mol. The summed E-state index contributed by atoms with van der Waals surface area (Å²) in [5.41, 5.74) is 7.20. The van der Waals surface area contributed by atoms with Gasteiger partial charge in [0.05, 0.1) is 5.69 Å². The molecule has 3 nitrogen and oxygen atoms in total. The Morgan fingerprint density at radius 1 is 1.40 bits per heavy atom. The van der Waals surface area contributed by atoms with E-state index in [4.69, 9.17) is 5.73 Å². The Kier molecular flexibility index (Phi) is 2.56. The van der Waals surface area contributed by atoms with E-state index in [1.165, 1.54) is 0 Å². The molecule has 0 aliphatic carbocycles. The Bertz CT molecular complexity index is 499. The molecule has 0 saturated carbocycles. The summed E-state index contributed by atoms with van der Waals surface area (Å²) in [5, 5.41) is 1.10. The first-order valence-electron chi connectivity index (χ1n) is 5.02. The minimum atomic E-state index is 0.108. The number of carbonyl (C=O) groups excluding carboxylic acids is 1. The maximum Gasteiger partial charge on any atom is 0.180 e. The topological polar surface area (TPSA) is 48.0 Å². The standard InChI is InChI=1S/C12H14N2O/c1-14-10-5-3-2-4-9(10)8-11(14)12(15)6-7-13/h2-5,8H,6-7,13H2,1H3. The van der Waals surface area contributed by atoms with Gasteiger partial charge in [-0.1, -0.05) is 18.2 Å². The first kappa shape index (κ1) is 9.93. The molecule has 0 atom stereocenters. The first-order chi connectivity index (χ1) is 7.24. The van der Waals surface area contributed by atoms with Gasteiger partial charge in [-0.25, -0.2) is 0 Å². The van der Waals surface area contributed by atoms with E-state index in [9.17, 15) is 4.79 Å². The summed E-state index contributed by atoms with van der Waals surface area (Å²) >= 11 is 0. The lowest BCUT2D eigenvalue weighted by atomic mass is 10.2. The molecular weight excluding hydrogens is 188 g/mol. The minimum Gasteiger partial charge on any atom is -0.341 e. The van der Waals surface area contributed by atoms with E-state index in [-0.39, 0.29) is 5.78 Å². The van der Waals surface area contributed by atoms with E-state index in [1.54, 1.807) is 0 Å². The van der Waals surface area contributed by atoms with Crippen molar-refractivity contribution in [2.75, 3.05) is 6.54 Å². The van der Waals surface area contributed by atoms with Gasteiger partial charge in [0.25, 0.3) is 0 Å². The van der Waals surface area contributed by atoms with Crippen LogP contribution in [0.2, 0.25) is 0 Å². The van der Waals surface area contributed by atoms with E-state index in [1.807, 2.05) is 41.9 Å². The van der Waals surface area contributed by atoms with Crippen LogP contribution < -0.4 is 5.73 Å². The average Bonchev–Trinajstić information content (AvgIpc) is 2.57. The van der Waals surface area contributed by atoms with Crippen molar-refractivity contribution in [3.05, 3.63) is 36.0 Å². The summed E-state index contributed by atoms with van der Waals surface area (Å²) in [6, 6.07) is 9.88. The largest absolute Gasteiger partial charge is 0.341 e. The number of aromatic nitrogens is 1. The van der Waals surface area contributed by atoms with Crippen LogP contribution in [-0.4, -0.2) is 16.9 Å². The quantitative estimate of drug-likeness (QED) is 0.770. The molecule has 0 aliphatic rings. The molecule has 0 aliphatic heterocycles. The van der Waals surface area contributed by atoms with Crippen molar-refractivity contribution >= 4 is 16.7 Å². The van der Waals surface area contributed by atoms with Crippen LogP contribution in [0.4, 0.5) is 0 Å². The number of aryl methyl sites for hydroxylation is 1. The van der Waals surface area contributed by atoms with Crippen molar-refractivity contribution in [3.63, 3.8) is 0 Å². The van der Waals surface area contributed by atoms with Gasteiger partial charge >= 0.3 is 0 Å². The highest BCUT2D eigenvalue weighted by Crippen LogP contribution is 2.19. The third kappa shape index (κ3) is 1.66. The second kappa shape index (κ2) is 3.87. The summed E-state index contributed by atoms with van der Waals surface area (Å²) in [6.07, 6.45) is 0.407. The Morgan fingerprint density at radius 2 is 2.13 bits per heavy atom. The van der Waals surface area contributed by atoms with Crippen LogP contribution in [0.5, 0.6) is 0 Å². The minimum absolute atomic E-state index is 0.108. The van der Waals surface area contributed by atoms with Crippen LogP contribution in [0.3, 0.4) is 0 Å². The highest BCUT2D eigenvalue weighted by Gasteiger charge is 2.11. The van der Waals surface area contributed by atoms with Gasteiger partial charge in [0.1, 0.15) is 0 Å². The van der Waals surface area contributed by atoms with Gasteiger partial charge in [0.15, 0.2) is 5.78 Å². The predicted octanol–water partition coefficient (Wildman–Crippen LogP) is 1.71. The van der Waals surface area contributed by atoms with Crippen molar-refractivity contribution < 1.29 is 4.79 Å². The lowest BCUT2D eigenvalue weighted by molar-refractivity contribution is 0.0978. The number of para-hydroxylation sites is 1. The zero-order valence-electron chi connectivity index (χ0n) is 8.73. The van der Waals surface area contributed by atoms with Crippen LogP contribution >= 0.6 is 0 Å². The number of nitrogens with two attached hydrogens (primary N) is 1. The summed E-state index contributed by atoms with van der Waals surface area (Å²) in [4.78, 5) is 11.7. The Morgan fingerprint density at radius 3 is 2.80 bits per heavy atom. The molecule has 1 aromatic heterocycles. The highest BCUT2D eigenvalue weighted by molar-refractivity contribution is 6.00. The summed E-state index contributed by atoms with van der Waals surface area (Å²) in [7, 11) is 1.91. The van der Waals surface area contributed by atoms with Gasteiger partial charge in [0, 0.05) is 24.4 Å². The number of hydrogen-bond acceptors (Lipinski definition) is 2. The second-order valence-corrected chi connectivity index (χ2v) is 3.61. The van der Waals surface area contributed by atoms with Crippen molar-refractivity contribution in [3.8, 4) is 0 Å². The fourth-order valence-electron chi connectivity index (χ4n) is 1.82. The molecule has 0 saturated heterocycles. The van der Waals surface area contributed by atoms with Gasteiger partial charge in [-0.3, -0.25) is 4.79 Å². The van der Waals surface area contributed by atoms with Crippen LogP contribution in [0.15, 0.2) is 30.3 Å². The third-order valence-corrected chi connectivity index (χ3v) is 2.61. The SMILES string of the molecule is Cn1c(C(=O)CCN)cc2ccccc21. The molecule has 0 unspecified atom stereocenters. The monoisotopic (exact) mass is 202 g/mol. The number of fused-ring (bicyclic) bond motifs is 1. The molecule has 2 aromatic rings. The zero-order chi connectivity index (χ0) is 10.8. The molecule has 0 amide bonds. The smallest absolute Gasteiger partial charge is 0.180 e. The molecule has 1 aromatic carbocycles. The molecular formula is C12H14N2O. The number of Topliss-reactive ketones (excluding diaryl/α,β-unsaturated/α-hetero) is 1. The normalized spacial score (nSPS) is 10.8. The van der Waals surface area contributed by atoms with Gasteiger partial charge in [0.2, 0.25) is 0 Å². The van der Waals surface area contributed by atoms with Crippen LogP contribution in [-0.2, 0) is 7.05 Å². The number of rotatable bonds is 3. The fourth-order valence-corrected chi connectivity index (χ4v) is 1.82. The molecule has 0 radical (unpaired) electrons. The third-order valence-electron chi connectivity index (χ3n) is 2.61. The number of ketones is 1. The molecule has 3 heteroatoms. The zero-order valence-corrected chi connectivity index (χ0v) is 8.73. The van der Waals surface area contributed by atoms with Gasteiger partial charge in [-0.05, 0) is 18.7 Å². The second-order valence-electron chi connectivity index (χ2n) is 3.61. The first-order valence-corrected chi connectivity index (χ1v) is 5.02. The molecule has 78 valence electrons. The van der Waals surface area contributed by atoms with Crippen LogP contribution in [0.1, 0.15) is 16.9 Å². The van der Waals surface area contributed by atoms with Gasteiger partial charge < -0.3 is 10.3 Å². The van der Waals surface area contributed by atoms with E-state index in [2.05, 4.69) is 0 Å². The molecule has 0 fully saturated rings. The van der Waals surface area contributed by atoms with Crippen molar-refractivity contribution in [1.29, 1.82) is 0 Å². The lowest BCUT2D eigenvalue weighted by Crippen LogP contribution is -2.11. The van der Waals surface area contributed by atoms with E-state index in [0.29, 0.717) is 13.0 Å². The van der Waals surface area contributed by atoms with E-state index in [0.717, 1.165) is 16.6 Å². The summed E-state index contributed by atoms with van der Waals surface area (Å²) in [5.74, 6) is 0.108. The van der Waals surface area contributed by atoms with E-state index < -0.39 is 0 Å². The Hall–Kier alpha value is -1.61. The Labute approximate surface area is 88.5 Å². The van der Waals surface area contributed by atoms with Gasteiger partial charge in [-0.2, -0.15) is 0 Å². The number of nitrogens with zero attached hydrogens (tertiary/aromatic N) is 1. The molecule has 0 bridgehead atoms. The maximum absolute atomic E-state index is 11.7. The summed E-state index contributed by atoms with van der Waals surface area (Å²) < 4.78 is 1.92. The number of carbonyl (C=O) groups is 1. The highest BCUT2D eigenvalue weighted by atomic mass is 16.1. The lowest BCUT2D eigenvalue weighted by Gasteiger charge is -2.01. The molecule has 2 N–H and O–H groups in total. The van der Waals surface area contributed by atoms with Crippen molar-refractivity contribution in [2.24, 2.45) is 12.8 Å². The predicted molar refractivity (Wildman–Crippen MR) is 60.9 cm³/mol. The molecule has 1 heterocycles. The van der Waals surface area contributed by atoms with Crippen molar-refractivity contribution in [1.82, 2.24) is 4.57 Å². The van der Waals surface area contributed by atoms with Gasteiger partial charge in [-0.15, -0.1) is 0 Å².